The van der Waals surface area contributed by atoms with Gasteiger partial charge in [-0.3, -0.25) is 4.68 Å². The van der Waals surface area contributed by atoms with Crippen molar-refractivity contribution in [3.05, 3.63) is 55.0 Å². The molecule has 0 atom stereocenters. The fraction of sp³-hybridized carbons (Fsp3) is 0.150. The molecule has 2 heterocycles. The molecule has 0 fully saturated rings. The van der Waals surface area contributed by atoms with Gasteiger partial charge in [-0.25, -0.2) is 9.97 Å². The monoisotopic (exact) mass is 464 g/mol. The van der Waals surface area contributed by atoms with E-state index >= 15 is 0 Å². The van der Waals surface area contributed by atoms with Crippen molar-refractivity contribution >= 4 is 21.0 Å². The summed E-state index contributed by atoms with van der Waals surface area (Å²) in [5, 5.41) is 4.72. The van der Waals surface area contributed by atoms with Crippen LogP contribution in [0, 0.1) is 0 Å². The predicted molar refractivity (Wildman–Crippen MR) is 109 cm³/mol. The first-order valence-corrected chi connectivity index (χ1v) is 10.4. The molecule has 0 amide bonds. The Hall–Kier alpha value is -3.67. The largest absolute Gasteiger partial charge is 0.534 e. The van der Waals surface area contributed by atoms with E-state index in [1.165, 1.54) is 19.5 Å². The third kappa shape index (κ3) is 3.84. The molecule has 4 rings (SSSR count). The lowest BCUT2D eigenvalue weighted by molar-refractivity contribution is -0.0500. The molecule has 0 N–H and O–H groups in total. The molecule has 0 unspecified atom stereocenters. The van der Waals surface area contributed by atoms with Crippen molar-refractivity contribution in [2.45, 2.75) is 5.51 Å². The lowest BCUT2D eigenvalue weighted by Crippen LogP contribution is -2.28. The Bertz CT molecular complexity index is 1400. The molecule has 0 saturated heterocycles. The third-order valence-electron chi connectivity index (χ3n) is 4.53. The minimum atomic E-state index is -5.91. The molecule has 166 valence electrons. The average molecular weight is 464 g/mol. The van der Waals surface area contributed by atoms with Crippen LogP contribution in [0.5, 0.6) is 11.5 Å². The number of aromatic nitrogens is 4. The maximum atomic E-state index is 12.9. The maximum absolute atomic E-state index is 12.9. The van der Waals surface area contributed by atoms with Gasteiger partial charge in [-0.05, 0) is 6.07 Å². The molecule has 0 bridgehead atoms. The summed E-state index contributed by atoms with van der Waals surface area (Å²) in [4.78, 5) is 8.41. The lowest BCUT2D eigenvalue weighted by Gasteiger charge is -2.14. The molecule has 0 aliphatic carbocycles. The topological polar surface area (TPSA) is 96.2 Å². The highest BCUT2D eigenvalue weighted by Crippen LogP contribution is 2.39. The molecule has 4 aromatic rings. The number of ether oxygens (including phenoxy) is 1. The molecule has 32 heavy (non-hydrogen) atoms. The van der Waals surface area contributed by atoms with Crippen LogP contribution in [0.2, 0.25) is 0 Å². The molecule has 0 radical (unpaired) electrons. The number of hydrogen-bond acceptors (Lipinski definition) is 7. The molecule has 0 spiro atoms. The van der Waals surface area contributed by atoms with Crippen LogP contribution in [0.1, 0.15) is 0 Å². The van der Waals surface area contributed by atoms with Crippen molar-refractivity contribution in [1.29, 1.82) is 0 Å². The molecule has 2 aromatic heterocycles. The fourth-order valence-electron chi connectivity index (χ4n) is 3.14. The number of hydrogen-bond donors (Lipinski definition) is 0. The first kappa shape index (κ1) is 21.6. The Morgan fingerprint density at radius 2 is 1.72 bits per heavy atom. The van der Waals surface area contributed by atoms with Crippen LogP contribution in [0.25, 0.3) is 33.4 Å². The number of alkyl halides is 3. The Labute approximate surface area is 180 Å². The van der Waals surface area contributed by atoms with E-state index in [-0.39, 0.29) is 11.1 Å². The van der Waals surface area contributed by atoms with Gasteiger partial charge in [0.05, 0.1) is 18.3 Å². The molecule has 8 nitrogen and oxygen atoms in total. The summed E-state index contributed by atoms with van der Waals surface area (Å²) in [5.74, 6) is -0.872. The highest BCUT2D eigenvalue weighted by molar-refractivity contribution is 7.88. The van der Waals surface area contributed by atoms with E-state index in [0.717, 1.165) is 11.6 Å². The summed E-state index contributed by atoms with van der Waals surface area (Å²) >= 11 is 0. The van der Waals surface area contributed by atoms with E-state index in [4.69, 9.17) is 4.74 Å². The quantitative estimate of drug-likeness (QED) is 0.326. The van der Waals surface area contributed by atoms with Crippen LogP contribution in [-0.4, -0.2) is 40.8 Å². The molecule has 0 saturated carbocycles. The van der Waals surface area contributed by atoms with E-state index in [1.807, 2.05) is 30.3 Å². The number of rotatable bonds is 5. The van der Waals surface area contributed by atoms with Gasteiger partial charge in [-0.15, -0.1) is 0 Å². The Morgan fingerprint density at radius 3 is 2.38 bits per heavy atom. The zero-order valence-electron chi connectivity index (χ0n) is 16.7. The van der Waals surface area contributed by atoms with Gasteiger partial charge in [0.15, 0.2) is 11.5 Å². The van der Waals surface area contributed by atoms with Gasteiger partial charge in [0.25, 0.3) is 0 Å². The van der Waals surface area contributed by atoms with Crippen LogP contribution in [0.3, 0.4) is 0 Å². The summed E-state index contributed by atoms with van der Waals surface area (Å²) in [6.07, 6.45) is 2.98. The van der Waals surface area contributed by atoms with Crippen LogP contribution in [-0.2, 0) is 17.2 Å². The van der Waals surface area contributed by atoms with Gasteiger partial charge in [-0.2, -0.15) is 26.7 Å². The third-order valence-corrected chi connectivity index (χ3v) is 5.50. The second-order valence-corrected chi connectivity index (χ2v) is 8.19. The Morgan fingerprint density at radius 1 is 1.00 bits per heavy atom. The van der Waals surface area contributed by atoms with Gasteiger partial charge < -0.3 is 8.92 Å². The number of benzene rings is 2. The normalized spacial score (nSPS) is 12.2. The van der Waals surface area contributed by atoms with E-state index in [1.54, 1.807) is 17.9 Å². The van der Waals surface area contributed by atoms with Crippen LogP contribution in [0.15, 0.2) is 55.0 Å². The zero-order chi connectivity index (χ0) is 23.1. The SMILES string of the molecule is COc1cc2ncnc(-c3cn(C)nc3-c3ccccc3)c2cc1OS(=O)(=O)C(F)(F)F. The highest BCUT2D eigenvalue weighted by Gasteiger charge is 2.49. The molecule has 0 aliphatic rings. The second-order valence-electron chi connectivity index (χ2n) is 6.66. The first-order valence-electron chi connectivity index (χ1n) is 9.03. The van der Waals surface area contributed by atoms with Crippen LogP contribution < -0.4 is 8.92 Å². The summed E-state index contributed by atoms with van der Waals surface area (Å²) in [5.41, 5.74) is -3.02. The molecule has 0 aliphatic heterocycles. The second kappa shape index (κ2) is 7.79. The van der Waals surface area contributed by atoms with E-state index in [0.29, 0.717) is 22.5 Å². The molecular weight excluding hydrogens is 449 g/mol. The van der Waals surface area contributed by atoms with E-state index in [2.05, 4.69) is 19.2 Å². The highest BCUT2D eigenvalue weighted by atomic mass is 32.2. The molecule has 2 aromatic carbocycles. The standard InChI is InChI=1S/C20H15F3N4O4S/c1-27-10-14(18(26-27)12-6-4-3-5-7-12)19-13-8-17(31-32(28,29)20(21,22)23)16(30-2)9-15(13)24-11-25-19/h3-11H,1-2H3. The van der Waals surface area contributed by atoms with Gasteiger partial charge in [-0.1, -0.05) is 30.3 Å². The zero-order valence-corrected chi connectivity index (χ0v) is 17.5. The average Bonchev–Trinajstić information content (AvgIpc) is 3.14. The van der Waals surface area contributed by atoms with Crippen molar-refractivity contribution in [1.82, 2.24) is 19.7 Å². The number of aryl methyl sites for hydroxylation is 1. The van der Waals surface area contributed by atoms with Gasteiger partial charge in [0.2, 0.25) is 0 Å². The number of methoxy groups -OCH3 is 1. The molecular formula is C20H15F3N4O4S. The summed E-state index contributed by atoms with van der Waals surface area (Å²) in [7, 11) is -3.03. The number of nitrogens with zero attached hydrogens (tertiary/aromatic N) is 4. The lowest BCUT2D eigenvalue weighted by atomic mass is 10.0. The van der Waals surface area contributed by atoms with Crippen LogP contribution in [0.4, 0.5) is 13.2 Å². The van der Waals surface area contributed by atoms with Crippen LogP contribution >= 0.6 is 0 Å². The van der Waals surface area contributed by atoms with E-state index < -0.39 is 21.4 Å². The maximum Gasteiger partial charge on any atom is 0.534 e. The van der Waals surface area contributed by atoms with Gasteiger partial charge in [0, 0.05) is 35.8 Å². The minimum absolute atomic E-state index is 0.232. The van der Waals surface area contributed by atoms with Crippen molar-refractivity contribution in [2.75, 3.05) is 7.11 Å². The summed E-state index contributed by atoms with van der Waals surface area (Å²) in [6.45, 7) is 0. The molecule has 12 heteroatoms. The number of halogens is 3. The van der Waals surface area contributed by atoms with Crippen molar-refractivity contribution in [3.63, 3.8) is 0 Å². The van der Waals surface area contributed by atoms with Crippen molar-refractivity contribution < 1.29 is 30.5 Å². The number of fused-ring (bicyclic) bond motifs is 1. The Kier molecular flexibility index (Phi) is 5.25. The smallest absolute Gasteiger partial charge is 0.493 e. The summed E-state index contributed by atoms with van der Waals surface area (Å²) < 4.78 is 72.7. The van der Waals surface area contributed by atoms with Gasteiger partial charge in [0.1, 0.15) is 12.0 Å². The summed E-state index contributed by atoms with van der Waals surface area (Å²) in [6, 6.07) is 11.6. The fourth-order valence-corrected chi connectivity index (χ4v) is 3.60. The van der Waals surface area contributed by atoms with Crippen molar-refractivity contribution in [3.8, 4) is 34.0 Å². The van der Waals surface area contributed by atoms with Crippen molar-refractivity contribution in [2.24, 2.45) is 7.05 Å². The van der Waals surface area contributed by atoms with E-state index in [9.17, 15) is 21.6 Å². The van der Waals surface area contributed by atoms with Gasteiger partial charge >= 0.3 is 15.6 Å². The minimum Gasteiger partial charge on any atom is -0.493 e. The first-order chi connectivity index (χ1) is 15.1. The Balaban J connectivity index is 1.94. The predicted octanol–water partition coefficient (Wildman–Crippen LogP) is 3.93.